The van der Waals surface area contributed by atoms with Crippen LogP contribution in [0.3, 0.4) is 0 Å². The SMILES string of the molecule is O=C(CC12CC3CC(CC(C3)C1)C2)NC(=S)Nc1ccc(N2CCN(C(=O)c3ccc(Cl)cc3)CC2)cc1. The topological polar surface area (TPSA) is 64.7 Å². The van der Waals surface area contributed by atoms with Gasteiger partial charge in [-0.05, 0) is 122 Å². The van der Waals surface area contributed by atoms with Crippen LogP contribution in [0.25, 0.3) is 0 Å². The highest BCUT2D eigenvalue weighted by atomic mass is 35.5. The number of nitrogens with zero attached hydrogens (tertiary/aromatic N) is 2. The number of rotatable bonds is 5. The number of thiocarbonyl (C=S) groups is 1. The number of hydrogen-bond acceptors (Lipinski definition) is 4. The van der Waals surface area contributed by atoms with Crippen LogP contribution in [0.15, 0.2) is 48.5 Å². The van der Waals surface area contributed by atoms with Crippen molar-refractivity contribution in [2.45, 2.75) is 44.9 Å². The number of piperazine rings is 1. The molecular formula is C30H35ClN4O2S. The first kappa shape index (κ1) is 25.6. The van der Waals surface area contributed by atoms with Crippen molar-refractivity contribution >= 4 is 52.1 Å². The molecule has 7 rings (SSSR count). The molecule has 200 valence electrons. The first-order valence-corrected chi connectivity index (χ1v) is 14.6. The molecule has 1 aliphatic heterocycles. The zero-order valence-electron chi connectivity index (χ0n) is 21.6. The molecule has 5 aliphatic rings. The molecule has 4 bridgehead atoms. The zero-order valence-corrected chi connectivity index (χ0v) is 23.2. The monoisotopic (exact) mass is 550 g/mol. The lowest BCUT2D eigenvalue weighted by atomic mass is 9.49. The van der Waals surface area contributed by atoms with E-state index < -0.39 is 0 Å². The highest BCUT2D eigenvalue weighted by molar-refractivity contribution is 7.80. The smallest absolute Gasteiger partial charge is 0.253 e. The molecule has 0 unspecified atom stereocenters. The maximum atomic E-state index is 12.9. The predicted octanol–water partition coefficient (Wildman–Crippen LogP) is 5.72. The lowest BCUT2D eigenvalue weighted by molar-refractivity contribution is -0.127. The summed E-state index contributed by atoms with van der Waals surface area (Å²) < 4.78 is 0. The summed E-state index contributed by atoms with van der Waals surface area (Å²) in [5, 5.41) is 7.11. The van der Waals surface area contributed by atoms with E-state index >= 15 is 0 Å². The highest BCUT2D eigenvalue weighted by Crippen LogP contribution is 2.61. The van der Waals surface area contributed by atoms with Crippen LogP contribution in [0, 0.1) is 23.2 Å². The van der Waals surface area contributed by atoms with Gasteiger partial charge in [0.1, 0.15) is 0 Å². The number of carbonyl (C=O) groups is 2. The summed E-state index contributed by atoms with van der Waals surface area (Å²) in [4.78, 5) is 29.8. The minimum atomic E-state index is 0.0413. The van der Waals surface area contributed by atoms with Crippen LogP contribution in [0.4, 0.5) is 11.4 Å². The molecule has 5 fully saturated rings. The molecule has 0 spiro atoms. The molecule has 2 N–H and O–H groups in total. The van der Waals surface area contributed by atoms with Crippen molar-refractivity contribution in [1.29, 1.82) is 0 Å². The van der Waals surface area contributed by atoms with E-state index in [4.69, 9.17) is 23.8 Å². The third-order valence-corrected chi connectivity index (χ3v) is 9.56. The number of anilines is 2. The summed E-state index contributed by atoms with van der Waals surface area (Å²) in [5.74, 6) is 2.60. The number of carbonyl (C=O) groups excluding carboxylic acids is 2. The van der Waals surface area contributed by atoms with Crippen LogP contribution in [-0.2, 0) is 4.79 Å². The molecule has 1 heterocycles. The minimum Gasteiger partial charge on any atom is -0.368 e. The Balaban J connectivity index is 0.971. The molecule has 0 radical (unpaired) electrons. The van der Waals surface area contributed by atoms with Crippen LogP contribution in [0.1, 0.15) is 55.3 Å². The van der Waals surface area contributed by atoms with E-state index in [9.17, 15) is 9.59 Å². The maximum absolute atomic E-state index is 12.9. The van der Waals surface area contributed by atoms with Crippen LogP contribution >= 0.6 is 23.8 Å². The Hall–Kier alpha value is -2.64. The van der Waals surface area contributed by atoms with Gasteiger partial charge in [-0.2, -0.15) is 0 Å². The van der Waals surface area contributed by atoms with Gasteiger partial charge in [-0.25, -0.2) is 0 Å². The summed E-state index contributed by atoms with van der Waals surface area (Å²) in [5.41, 5.74) is 2.83. The van der Waals surface area contributed by atoms with E-state index in [1.807, 2.05) is 17.0 Å². The van der Waals surface area contributed by atoms with Gasteiger partial charge in [0, 0.05) is 54.6 Å². The Morgan fingerprint density at radius 3 is 2.03 bits per heavy atom. The van der Waals surface area contributed by atoms with Gasteiger partial charge < -0.3 is 20.4 Å². The summed E-state index contributed by atoms with van der Waals surface area (Å²) in [7, 11) is 0. The Morgan fingerprint density at radius 1 is 0.868 bits per heavy atom. The van der Waals surface area contributed by atoms with Gasteiger partial charge in [0.25, 0.3) is 5.91 Å². The van der Waals surface area contributed by atoms with Crippen LogP contribution in [0.2, 0.25) is 5.02 Å². The second-order valence-electron chi connectivity index (χ2n) is 11.9. The van der Waals surface area contributed by atoms with E-state index in [2.05, 4.69) is 27.7 Å². The van der Waals surface area contributed by atoms with Gasteiger partial charge >= 0.3 is 0 Å². The highest BCUT2D eigenvalue weighted by Gasteiger charge is 2.51. The zero-order chi connectivity index (χ0) is 26.3. The first-order valence-electron chi connectivity index (χ1n) is 13.8. The van der Waals surface area contributed by atoms with Crippen molar-refractivity contribution in [3.8, 4) is 0 Å². The lowest BCUT2D eigenvalue weighted by Gasteiger charge is -2.56. The average molecular weight is 551 g/mol. The van der Waals surface area contributed by atoms with E-state index in [0.29, 0.717) is 35.2 Å². The number of amides is 2. The molecule has 4 aliphatic carbocycles. The van der Waals surface area contributed by atoms with E-state index in [1.165, 1.54) is 38.5 Å². The van der Waals surface area contributed by atoms with Crippen LogP contribution in [0.5, 0.6) is 0 Å². The Kier molecular flexibility index (Phi) is 7.08. The fourth-order valence-electron chi connectivity index (χ4n) is 7.88. The molecule has 2 amide bonds. The summed E-state index contributed by atoms with van der Waals surface area (Å²) >= 11 is 11.4. The molecule has 38 heavy (non-hydrogen) atoms. The molecular weight excluding hydrogens is 516 g/mol. The molecule has 0 atom stereocenters. The van der Waals surface area contributed by atoms with Crippen molar-refractivity contribution in [3.63, 3.8) is 0 Å². The van der Waals surface area contributed by atoms with Crippen molar-refractivity contribution in [2.75, 3.05) is 36.4 Å². The number of halogens is 1. The van der Waals surface area contributed by atoms with Crippen molar-refractivity contribution in [1.82, 2.24) is 10.2 Å². The molecule has 4 saturated carbocycles. The minimum absolute atomic E-state index is 0.0413. The quantitative estimate of drug-likeness (QED) is 0.466. The molecule has 2 aromatic carbocycles. The number of nitrogens with one attached hydrogen (secondary N) is 2. The van der Waals surface area contributed by atoms with Gasteiger partial charge in [0.05, 0.1) is 0 Å². The van der Waals surface area contributed by atoms with Gasteiger partial charge in [-0.1, -0.05) is 11.6 Å². The van der Waals surface area contributed by atoms with Gasteiger partial charge in [-0.3, -0.25) is 9.59 Å². The van der Waals surface area contributed by atoms with Crippen LogP contribution in [-0.4, -0.2) is 48.0 Å². The van der Waals surface area contributed by atoms with Crippen molar-refractivity contribution in [3.05, 3.63) is 59.1 Å². The molecule has 2 aromatic rings. The Labute approximate surface area is 235 Å². The average Bonchev–Trinajstić information content (AvgIpc) is 2.88. The molecule has 8 heteroatoms. The predicted molar refractivity (Wildman–Crippen MR) is 156 cm³/mol. The fourth-order valence-corrected chi connectivity index (χ4v) is 8.24. The Morgan fingerprint density at radius 2 is 1.45 bits per heavy atom. The summed E-state index contributed by atoms with van der Waals surface area (Å²) in [6.45, 7) is 2.87. The second kappa shape index (κ2) is 10.5. The normalized spacial score (nSPS) is 27.8. The second-order valence-corrected chi connectivity index (χ2v) is 12.8. The molecule has 6 nitrogen and oxygen atoms in total. The van der Waals surface area contributed by atoms with E-state index in [-0.39, 0.29) is 17.2 Å². The van der Waals surface area contributed by atoms with E-state index in [0.717, 1.165) is 42.2 Å². The van der Waals surface area contributed by atoms with Gasteiger partial charge in [0.2, 0.25) is 5.91 Å². The van der Waals surface area contributed by atoms with E-state index in [1.54, 1.807) is 24.3 Å². The van der Waals surface area contributed by atoms with Crippen LogP contribution < -0.4 is 15.5 Å². The molecule has 1 saturated heterocycles. The van der Waals surface area contributed by atoms with Crippen molar-refractivity contribution in [2.24, 2.45) is 23.2 Å². The third-order valence-electron chi connectivity index (χ3n) is 9.10. The largest absolute Gasteiger partial charge is 0.368 e. The fraction of sp³-hybridized carbons (Fsp3) is 0.500. The number of hydrogen-bond donors (Lipinski definition) is 2. The summed E-state index contributed by atoms with van der Waals surface area (Å²) in [6.07, 6.45) is 8.41. The van der Waals surface area contributed by atoms with Gasteiger partial charge in [-0.15, -0.1) is 0 Å². The maximum Gasteiger partial charge on any atom is 0.253 e. The molecule has 0 aromatic heterocycles. The number of benzene rings is 2. The first-order chi connectivity index (χ1) is 18.3. The van der Waals surface area contributed by atoms with Crippen molar-refractivity contribution < 1.29 is 9.59 Å². The van der Waals surface area contributed by atoms with Gasteiger partial charge in [0.15, 0.2) is 5.11 Å². The Bertz CT molecular complexity index is 1170. The lowest BCUT2D eigenvalue weighted by Crippen LogP contribution is -2.48. The standard InChI is InChI=1S/C30H35ClN4O2S/c31-24-3-1-23(2-4-24)28(37)35-11-9-34(10-12-35)26-7-5-25(6-8-26)32-29(38)33-27(36)19-30-16-20-13-21(17-30)15-22(14-20)18-30/h1-8,20-22H,9-19H2,(H2,32,33,36,38). The summed E-state index contributed by atoms with van der Waals surface area (Å²) in [6, 6.07) is 15.1. The third kappa shape index (κ3) is 5.55.